The molecule has 25 heavy (non-hydrogen) atoms. The van der Waals surface area contributed by atoms with Gasteiger partial charge in [-0.05, 0) is 32.4 Å². The fourth-order valence-electron chi connectivity index (χ4n) is 4.20. The molecule has 0 amide bonds. The molecule has 5 heteroatoms. The van der Waals surface area contributed by atoms with Gasteiger partial charge in [0.05, 0.1) is 16.6 Å². The molecule has 1 spiro atoms. The van der Waals surface area contributed by atoms with Crippen LogP contribution in [0.5, 0.6) is 5.75 Å². The summed E-state index contributed by atoms with van der Waals surface area (Å²) in [7, 11) is 0. The largest absolute Gasteiger partial charge is 0.458 e. The maximum Gasteiger partial charge on any atom is 0.344 e. The first-order chi connectivity index (χ1) is 11.6. The second-order valence-corrected chi connectivity index (χ2v) is 7.86. The highest BCUT2D eigenvalue weighted by molar-refractivity contribution is 5.88. The Bertz CT molecular complexity index is 956. The van der Waals surface area contributed by atoms with Crippen LogP contribution in [0.3, 0.4) is 0 Å². The predicted octanol–water partition coefficient (Wildman–Crippen LogP) is 3.19. The zero-order chi connectivity index (χ0) is 18.2. The first-order valence-corrected chi connectivity index (χ1v) is 8.41. The van der Waals surface area contributed by atoms with Gasteiger partial charge in [0, 0.05) is 11.8 Å². The van der Waals surface area contributed by atoms with E-state index in [0.717, 1.165) is 10.9 Å². The van der Waals surface area contributed by atoms with Gasteiger partial charge in [-0.2, -0.15) is 0 Å². The van der Waals surface area contributed by atoms with Gasteiger partial charge >= 0.3 is 5.63 Å². The van der Waals surface area contributed by atoms with Crippen molar-refractivity contribution in [2.75, 3.05) is 0 Å². The van der Waals surface area contributed by atoms with E-state index in [4.69, 9.17) is 13.9 Å². The normalized spacial score (nSPS) is 32.8. The Hall–Kier alpha value is -2.11. The SMILES string of the molecule is C=C[C@@]1(C)C[C@@]2(Oc3c1c(=O)oc1cccc(C)c31)OC(C)(C)[C@@H]2O. The molecular weight excluding hydrogens is 320 g/mol. The third-order valence-electron chi connectivity index (χ3n) is 5.52. The molecule has 3 atom stereocenters. The van der Waals surface area contributed by atoms with Crippen LogP contribution in [-0.2, 0) is 10.2 Å². The summed E-state index contributed by atoms with van der Waals surface area (Å²) in [6.07, 6.45) is 1.18. The topological polar surface area (TPSA) is 68.9 Å². The number of hydrogen-bond donors (Lipinski definition) is 1. The summed E-state index contributed by atoms with van der Waals surface area (Å²) in [6, 6.07) is 5.50. The van der Waals surface area contributed by atoms with Crippen LogP contribution in [0.2, 0.25) is 0 Å². The Morgan fingerprint density at radius 1 is 1.32 bits per heavy atom. The number of aryl methyl sites for hydroxylation is 1. The van der Waals surface area contributed by atoms with Gasteiger partial charge in [-0.25, -0.2) is 4.79 Å². The minimum absolute atomic E-state index is 0.295. The third-order valence-corrected chi connectivity index (χ3v) is 5.52. The minimum Gasteiger partial charge on any atom is -0.458 e. The highest BCUT2D eigenvalue weighted by Gasteiger charge is 2.66. The average Bonchev–Trinajstić information content (AvgIpc) is 2.53. The van der Waals surface area contributed by atoms with Gasteiger partial charge in [-0.3, -0.25) is 0 Å². The first-order valence-electron chi connectivity index (χ1n) is 8.41. The summed E-state index contributed by atoms with van der Waals surface area (Å²) < 4.78 is 17.7. The fourth-order valence-corrected chi connectivity index (χ4v) is 4.20. The van der Waals surface area contributed by atoms with Crippen molar-refractivity contribution in [2.45, 2.75) is 57.0 Å². The molecule has 0 aliphatic carbocycles. The Morgan fingerprint density at radius 2 is 2.04 bits per heavy atom. The highest BCUT2D eigenvalue weighted by Crippen LogP contribution is 2.55. The van der Waals surface area contributed by atoms with Crippen molar-refractivity contribution in [1.29, 1.82) is 0 Å². The van der Waals surface area contributed by atoms with E-state index in [0.29, 0.717) is 23.3 Å². The lowest BCUT2D eigenvalue weighted by Crippen LogP contribution is -2.75. The molecule has 2 aliphatic heterocycles. The zero-order valence-electron chi connectivity index (χ0n) is 14.9. The monoisotopic (exact) mass is 342 g/mol. The summed E-state index contributed by atoms with van der Waals surface area (Å²) in [5, 5.41) is 11.5. The average molecular weight is 342 g/mol. The molecule has 1 aromatic carbocycles. The van der Waals surface area contributed by atoms with Crippen LogP contribution < -0.4 is 10.4 Å². The van der Waals surface area contributed by atoms with E-state index in [-0.39, 0.29) is 0 Å². The molecule has 5 nitrogen and oxygen atoms in total. The number of allylic oxidation sites excluding steroid dienone is 1. The van der Waals surface area contributed by atoms with E-state index in [9.17, 15) is 9.90 Å². The molecule has 4 rings (SSSR count). The van der Waals surface area contributed by atoms with Crippen LogP contribution in [0, 0.1) is 6.92 Å². The second kappa shape index (κ2) is 4.74. The Labute approximate surface area is 145 Å². The molecule has 132 valence electrons. The zero-order valence-corrected chi connectivity index (χ0v) is 14.9. The Balaban J connectivity index is 2.04. The van der Waals surface area contributed by atoms with Gasteiger partial charge < -0.3 is 19.0 Å². The fraction of sp³-hybridized carbons (Fsp3) is 0.450. The number of rotatable bonds is 1. The number of benzene rings is 1. The van der Waals surface area contributed by atoms with Crippen molar-refractivity contribution in [1.82, 2.24) is 0 Å². The van der Waals surface area contributed by atoms with Crippen molar-refractivity contribution < 1.29 is 19.0 Å². The summed E-state index contributed by atoms with van der Waals surface area (Å²) in [5.74, 6) is -0.768. The van der Waals surface area contributed by atoms with Gasteiger partial charge in [-0.1, -0.05) is 25.1 Å². The van der Waals surface area contributed by atoms with Crippen LogP contribution >= 0.6 is 0 Å². The number of aliphatic hydroxyl groups is 1. The van der Waals surface area contributed by atoms with Gasteiger partial charge in [0.1, 0.15) is 17.4 Å². The molecule has 1 aromatic heterocycles. The van der Waals surface area contributed by atoms with E-state index in [2.05, 4.69) is 6.58 Å². The number of fused-ring (bicyclic) bond motifs is 3. The smallest absolute Gasteiger partial charge is 0.344 e. The van der Waals surface area contributed by atoms with E-state index in [1.807, 2.05) is 39.8 Å². The van der Waals surface area contributed by atoms with Crippen LogP contribution in [-0.4, -0.2) is 22.6 Å². The molecule has 3 heterocycles. The van der Waals surface area contributed by atoms with Crippen LogP contribution in [0.15, 0.2) is 40.1 Å². The maximum atomic E-state index is 12.7. The predicted molar refractivity (Wildman–Crippen MR) is 93.9 cm³/mol. The number of hydrogen-bond acceptors (Lipinski definition) is 5. The van der Waals surface area contributed by atoms with Crippen molar-refractivity contribution in [3.05, 3.63) is 52.4 Å². The van der Waals surface area contributed by atoms with Crippen molar-refractivity contribution >= 4 is 11.0 Å². The van der Waals surface area contributed by atoms with Crippen LogP contribution in [0.25, 0.3) is 11.0 Å². The summed E-state index contributed by atoms with van der Waals surface area (Å²) in [6.45, 7) is 11.4. The molecule has 2 aromatic rings. The molecule has 0 radical (unpaired) electrons. The summed E-state index contributed by atoms with van der Waals surface area (Å²) in [5.41, 5.74) is -0.0744. The van der Waals surface area contributed by atoms with Gasteiger partial charge in [0.15, 0.2) is 0 Å². The third kappa shape index (κ3) is 1.99. The van der Waals surface area contributed by atoms with Crippen LogP contribution in [0.4, 0.5) is 0 Å². The number of aliphatic hydroxyl groups excluding tert-OH is 1. The van der Waals surface area contributed by atoms with E-state index in [1.165, 1.54) is 0 Å². The first kappa shape index (κ1) is 16.4. The van der Waals surface area contributed by atoms with Gasteiger partial charge in [-0.15, -0.1) is 6.58 Å². The molecule has 1 fully saturated rings. The van der Waals surface area contributed by atoms with Crippen LogP contribution in [0.1, 0.15) is 38.3 Å². The van der Waals surface area contributed by atoms with E-state index >= 15 is 0 Å². The van der Waals surface area contributed by atoms with E-state index < -0.39 is 28.5 Å². The summed E-state index contributed by atoms with van der Waals surface area (Å²) >= 11 is 0. The van der Waals surface area contributed by atoms with Crippen molar-refractivity contribution in [3.63, 3.8) is 0 Å². The minimum atomic E-state index is -1.19. The highest BCUT2D eigenvalue weighted by atomic mass is 16.8. The lowest BCUT2D eigenvalue weighted by atomic mass is 9.69. The second-order valence-electron chi connectivity index (χ2n) is 7.86. The molecule has 1 N–H and O–H groups in total. The molecule has 2 aliphatic rings. The quantitative estimate of drug-likeness (QED) is 0.637. The maximum absolute atomic E-state index is 12.7. The van der Waals surface area contributed by atoms with Gasteiger partial charge in [0.25, 0.3) is 0 Å². The van der Waals surface area contributed by atoms with Crippen molar-refractivity contribution in [2.24, 2.45) is 0 Å². The molecular formula is C20H22O5. The molecule has 0 unspecified atom stereocenters. The lowest BCUT2D eigenvalue weighted by molar-refractivity contribution is -0.413. The lowest BCUT2D eigenvalue weighted by Gasteiger charge is -2.60. The Morgan fingerprint density at radius 3 is 2.64 bits per heavy atom. The standard InChI is InChI=1S/C20H22O5/c1-6-19(5)10-20(17(22)18(3,4)25-20)24-15-13-11(2)8-7-9-12(13)23-16(21)14(15)19/h6-9,17,22H,1,10H2,2-5H3/t17-,19-,20+/m0/s1. The van der Waals surface area contributed by atoms with E-state index in [1.54, 1.807) is 12.1 Å². The number of ether oxygens (including phenoxy) is 2. The summed E-state index contributed by atoms with van der Waals surface area (Å²) in [4.78, 5) is 12.7. The van der Waals surface area contributed by atoms with Gasteiger partial charge in [0.2, 0.25) is 5.79 Å². The molecule has 1 saturated heterocycles. The molecule has 0 saturated carbocycles. The molecule has 0 bridgehead atoms. The van der Waals surface area contributed by atoms with Crippen molar-refractivity contribution in [3.8, 4) is 5.75 Å². The Kier molecular flexibility index (Phi) is 3.10.